The molecule has 0 unspecified atom stereocenters. The van der Waals surface area contributed by atoms with E-state index in [-0.39, 0.29) is 0 Å². The third kappa shape index (κ3) is 4.64. The summed E-state index contributed by atoms with van der Waals surface area (Å²) in [7, 11) is 0. The van der Waals surface area contributed by atoms with Gasteiger partial charge in [0.2, 0.25) is 0 Å². The van der Waals surface area contributed by atoms with E-state index in [9.17, 15) is 0 Å². The van der Waals surface area contributed by atoms with Gasteiger partial charge in [-0.2, -0.15) is 0 Å². The van der Waals surface area contributed by atoms with Crippen LogP contribution in [-0.2, 0) is 0 Å². The maximum absolute atomic E-state index is 5.21. The first-order chi connectivity index (χ1) is 26.8. The highest BCUT2D eigenvalue weighted by Gasteiger charge is 2.22. The average molecular weight is 689 g/mol. The molecule has 54 heavy (non-hydrogen) atoms. The van der Waals surface area contributed by atoms with E-state index in [1.165, 1.54) is 43.6 Å². The van der Waals surface area contributed by atoms with E-state index in [1.807, 2.05) is 24.3 Å². The van der Waals surface area contributed by atoms with Crippen molar-refractivity contribution in [2.75, 3.05) is 0 Å². The van der Waals surface area contributed by atoms with Crippen LogP contribution in [0.25, 0.3) is 99.7 Å². The van der Waals surface area contributed by atoms with Gasteiger partial charge in [-0.3, -0.25) is 0 Å². The van der Waals surface area contributed by atoms with Gasteiger partial charge < -0.3 is 9.13 Å². The predicted molar refractivity (Wildman–Crippen MR) is 225 cm³/mol. The molecule has 0 saturated carbocycles. The normalized spacial score (nSPS) is 11.7. The zero-order chi connectivity index (χ0) is 35.6. The summed E-state index contributed by atoms with van der Waals surface area (Å²) >= 11 is 0. The second-order valence-corrected chi connectivity index (χ2v) is 13.8. The molecule has 0 bridgehead atoms. The van der Waals surface area contributed by atoms with E-state index < -0.39 is 0 Å². The van der Waals surface area contributed by atoms with Crippen LogP contribution in [-0.4, -0.2) is 19.1 Å². The van der Waals surface area contributed by atoms with E-state index >= 15 is 0 Å². The lowest BCUT2D eigenvalue weighted by Crippen LogP contribution is -1.98. The zero-order valence-corrected chi connectivity index (χ0v) is 29.3. The fraction of sp³-hybridized carbons (Fsp3) is 0. The lowest BCUT2D eigenvalue weighted by molar-refractivity contribution is 1.18. The summed E-state index contributed by atoms with van der Waals surface area (Å²) in [4.78, 5) is 10.3. The number of fused-ring (bicyclic) bond motifs is 8. The van der Waals surface area contributed by atoms with Crippen molar-refractivity contribution in [2.45, 2.75) is 0 Å². The Kier molecular flexibility index (Phi) is 6.82. The molecule has 11 aromatic rings. The molecule has 0 amide bonds. The van der Waals surface area contributed by atoms with Crippen LogP contribution >= 0.6 is 0 Å². The highest BCUT2D eigenvalue weighted by Crippen LogP contribution is 2.43. The molecular weight excluding hydrogens is 657 g/mol. The van der Waals surface area contributed by atoms with Gasteiger partial charge in [-0.25, -0.2) is 9.97 Å². The van der Waals surface area contributed by atoms with Crippen molar-refractivity contribution in [1.82, 2.24) is 19.1 Å². The minimum Gasteiger partial charge on any atom is -0.309 e. The molecule has 4 heteroatoms. The largest absolute Gasteiger partial charge is 0.309 e. The molecule has 0 aliphatic carbocycles. The molecule has 0 fully saturated rings. The highest BCUT2D eigenvalue weighted by molar-refractivity contribution is 6.26. The van der Waals surface area contributed by atoms with Gasteiger partial charge in [0.25, 0.3) is 0 Å². The maximum Gasteiger partial charge on any atom is 0.160 e. The van der Waals surface area contributed by atoms with E-state index in [2.05, 4.69) is 179 Å². The molecule has 0 spiro atoms. The molecule has 0 atom stereocenters. The molecule has 3 aromatic heterocycles. The van der Waals surface area contributed by atoms with Crippen LogP contribution in [0.2, 0.25) is 0 Å². The Labute approximate surface area is 311 Å². The zero-order valence-electron chi connectivity index (χ0n) is 29.3. The van der Waals surface area contributed by atoms with Crippen LogP contribution in [0.5, 0.6) is 0 Å². The van der Waals surface area contributed by atoms with Gasteiger partial charge >= 0.3 is 0 Å². The van der Waals surface area contributed by atoms with Crippen LogP contribution in [0, 0.1) is 0 Å². The topological polar surface area (TPSA) is 35.6 Å². The van der Waals surface area contributed by atoms with E-state index in [0.717, 1.165) is 50.2 Å². The van der Waals surface area contributed by atoms with E-state index in [1.54, 1.807) is 0 Å². The highest BCUT2D eigenvalue weighted by atomic mass is 15.0. The van der Waals surface area contributed by atoms with Crippen molar-refractivity contribution in [1.29, 1.82) is 0 Å². The van der Waals surface area contributed by atoms with Crippen molar-refractivity contribution in [3.8, 4) is 45.3 Å². The number of benzene rings is 8. The fourth-order valence-corrected chi connectivity index (χ4v) is 8.38. The summed E-state index contributed by atoms with van der Waals surface area (Å²) < 4.78 is 4.89. The van der Waals surface area contributed by atoms with Gasteiger partial charge in [0.15, 0.2) is 5.82 Å². The van der Waals surface area contributed by atoms with Crippen LogP contribution in [0.1, 0.15) is 0 Å². The first-order valence-electron chi connectivity index (χ1n) is 18.3. The SMILES string of the molecule is c1ccc(-c2cc(-c3cccc4c(-n5c6ccccc6c6c5ccc5c7ccccc7n(-c7ccccc7)c56)cccc34)nc(-c3ccccc3)n2)cc1. The van der Waals surface area contributed by atoms with Crippen molar-refractivity contribution >= 4 is 54.4 Å². The van der Waals surface area contributed by atoms with Gasteiger partial charge in [0.05, 0.1) is 39.1 Å². The van der Waals surface area contributed by atoms with E-state index in [4.69, 9.17) is 9.97 Å². The summed E-state index contributed by atoms with van der Waals surface area (Å²) in [5, 5.41) is 7.26. The third-order valence-corrected chi connectivity index (χ3v) is 10.7. The van der Waals surface area contributed by atoms with Crippen LogP contribution in [0.3, 0.4) is 0 Å². The predicted octanol–water partition coefficient (Wildman–Crippen LogP) is 12.8. The lowest BCUT2D eigenvalue weighted by atomic mass is 9.99. The van der Waals surface area contributed by atoms with Crippen LogP contribution in [0.15, 0.2) is 194 Å². The number of aromatic nitrogens is 4. The molecule has 8 aromatic carbocycles. The Morgan fingerprint density at radius 2 is 0.944 bits per heavy atom. The minimum absolute atomic E-state index is 0.709. The molecule has 252 valence electrons. The molecule has 0 aliphatic rings. The quantitative estimate of drug-likeness (QED) is 0.180. The molecule has 3 heterocycles. The second kappa shape index (κ2) is 12.1. The molecule has 0 radical (unpaired) electrons. The van der Waals surface area contributed by atoms with Crippen molar-refractivity contribution < 1.29 is 0 Å². The summed E-state index contributed by atoms with van der Waals surface area (Å²) in [6.45, 7) is 0. The smallest absolute Gasteiger partial charge is 0.160 e. The third-order valence-electron chi connectivity index (χ3n) is 10.7. The maximum atomic E-state index is 5.21. The first-order valence-corrected chi connectivity index (χ1v) is 18.3. The molecular formula is C50H32N4. The Bertz CT molecular complexity index is 3140. The van der Waals surface area contributed by atoms with Gasteiger partial charge in [-0.1, -0.05) is 152 Å². The van der Waals surface area contributed by atoms with Crippen LogP contribution in [0.4, 0.5) is 0 Å². The molecule has 0 saturated heterocycles. The number of nitrogens with zero attached hydrogens (tertiary/aromatic N) is 4. The lowest BCUT2D eigenvalue weighted by Gasteiger charge is -2.15. The van der Waals surface area contributed by atoms with Crippen molar-refractivity contribution in [3.63, 3.8) is 0 Å². The molecule has 0 N–H and O–H groups in total. The van der Waals surface area contributed by atoms with Crippen molar-refractivity contribution in [2.24, 2.45) is 0 Å². The summed E-state index contributed by atoms with van der Waals surface area (Å²) in [6.07, 6.45) is 0. The number of rotatable bonds is 5. The Morgan fingerprint density at radius 3 is 1.72 bits per heavy atom. The number of hydrogen-bond donors (Lipinski definition) is 0. The summed E-state index contributed by atoms with van der Waals surface area (Å²) in [5.74, 6) is 0.709. The first kappa shape index (κ1) is 30.3. The average Bonchev–Trinajstić information content (AvgIpc) is 3.77. The Hall–Kier alpha value is -7.30. The van der Waals surface area contributed by atoms with E-state index in [0.29, 0.717) is 5.82 Å². The van der Waals surface area contributed by atoms with Gasteiger partial charge in [-0.15, -0.1) is 0 Å². The monoisotopic (exact) mass is 688 g/mol. The fourth-order valence-electron chi connectivity index (χ4n) is 8.38. The summed E-state index contributed by atoms with van der Waals surface area (Å²) in [5.41, 5.74) is 11.9. The van der Waals surface area contributed by atoms with Gasteiger partial charge in [0, 0.05) is 49.3 Å². The number of para-hydroxylation sites is 3. The Morgan fingerprint density at radius 1 is 0.352 bits per heavy atom. The standard InChI is InChI=1S/C50H32N4/c1-4-16-33(17-5-1)42-32-43(52-50(51-42)34-18-6-2-7-19-34)37-25-14-26-38-36(37)24-15-29-45(38)54-46-28-13-11-23-41(46)48-47(54)31-30-40-39-22-10-12-27-44(39)53(49(40)48)35-20-8-3-9-21-35/h1-32H. The molecule has 0 aliphatic heterocycles. The summed E-state index contributed by atoms with van der Waals surface area (Å²) in [6, 6.07) is 68.9. The number of hydrogen-bond acceptors (Lipinski definition) is 2. The molecule has 4 nitrogen and oxygen atoms in total. The van der Waals surface area contributed by atoms with Gasteiger partial charge in [0.1, 0.15) is 0 Å². The molecule has 11 rings (SSSR count). The van der Waals surface area contributed by atoms with Crippen LogP contribution < -0.4 is 0 Å². The second-order valence-electron chi connectivity index (χ2n) is 13.8. The Balaban J connectivity index is 1.19. The van der Waals surface area contributed by atoms with Crippen molar-refractivity contribution in [3.05, 3.63) is 194 Å². The minimum atomic E-state index is 0.709. The van der Waals surface area contributed by atoms with Gasteiger partial charge in [-0.05, 0) is 47.9 Å².